The third-order valence-corrected chi connectivity index (χ3v) is 6.83. The lowest BCUT2D eigenvalue weighted by molar-refractivity contribution is 0.215. The van der Waals surface area contributed by atoms with E-state index in [1.54, 1.807) is 0 Å². The monoisotopic (exact) mass is 491 g/mol. The van der Waals surface area contributed by atoms with Crippen LogP contribution < -0.4 is 10.2 Å². The number of hydrogen-bond donors (Lipinski definition) is 1. The average Bonchev–Trinajstić information content (AvgIpc) is 3.19. The zero-order valence-corrected chi connectivity index (χ0v) is 21.5. The van der Waals surface area contributed by atoms with E-state index >= 15 is 0 Å². The first-order valence-electron chi connectivity index (χ1n) is 12.9. The predicted octanol–water partition coefficient (Wildman–Crippen LogP) is 6.10. The minimum absolute atomic E-state index is 0.0564. The van der Waals surface area contributed by atoms with Crippen LogP contribution in [0.5, 0.6) is 0 Å². The molecular formula is C31H33N5O. The van der Waals surface area contributed by atoms with Gasteiger partial charge in [0.2, 0.25) is 0 Å². The van der Waals surface area contributed by atoms with Crippen molar-refractivity contribution in [2.45, 2.75) is 26.7 Å². The van der Waals surface area contributed by atoms with Crippen LogP contribution >= 0.6 is 0 Å². The molecule has 1 fully saturated rings. The van der Waals surface area contributed by atoms with Crippen molar-refractivity contribution in [3.8, 4) is 11.4 Å². The molecule has 1 saturated heterocycles. The van der Waals surface area contributed by atoms with E-state index < -0.39 is 0 Å². The second-order valence-electron chi connectivity index (χ2n) is 9.59. The fraction of sp³-hybridized carbons (Fsp3) is 0.258. The van der Waals surface area contributed by atoms with Crippen LogP contribution in [0.1, 0.15) is 28.8 Å². The molecule has 3 aromatic carbocycles. The van der Waals surface area contributed by atoms with Gasteiger partial charge < -0.3 is 15.1 Å². The van der Waals surface area contributed by atoms with E-state index in [2.05, 4.69) is 53.5 Å². The first-order valence-corrected chi connectivity index (χ1v) is 12.9. The lowest BCUT2D eigenvalue weighted by Crippen LogP contribution is -2.38. The molecular weight excluding hydrogens is 458 g/mol. The van der Waals surface area contributed by atoms with Crippen molar-refractivity contribution in [3.05, 3.63) is 107 Å². The van der Waals surface area contributed by atoms with Crippen LogP contribution in [-0.2, 0) is 6.42 Å². The number of rotatable bonds is 5. The van der Waals surface area contributed by atoms with E-state index in [1.807, 2.05) is 60.4 Å². The summed E-state index contributed by atoms with van der Waals surface area (Å²) in [7, 11) is 0. The molecule has 0 atom stereocenters. The van der Waals surface area contributed by atoms with Gasteiger partial charge in [0, 0.05) is 55.1 Å². The summed E-state index contributed by atoms with van der Waals surface area (Å²) >= 11 is 0. The maximum Gasteiger partial charge on any atom is 0.321 e. The van der Waals surface area contributed by atoms with Crippen LogP contribution in [0.15, 0.2) is 84.9 Å². The Bertz CT molecular complexity index is 1340. The summed E-state index contributed by atoms with van der Waals surface area (Å²) < 4.78 is 0. The number of carbonyl (C=O) groups excluding carboxylic acids is 1. The quantitative estimate of drug-likeness (QED) is 0.367. The van der Waals surface area contributed by atoms with E-state index in [0.29, 0.717) is 19.6 Å². The normalized spacial score (nSPS) is 13.8. The van der Waals surface area contributed by atoms with Gasteiger partial charge in [-0.1, -0.05) is 78.4 Å². The second kappa shape index (κ2) is 11.2. The van der Waals surface area contributed by atoms with Gasteiger partial charge in [-0.05, 0) is 38.0 Å². The Kier molecular flexibility index (Phi) is 7.45. The highest BCUT2D eigenvalue weighted by molar-refractivity contribution is 5.89. The van der Waals surface area contributed by atoms with Gasteiger partial charge in [-0.15, -0.1) is 0 Å². The summed E-state index contributed by atoms with van der Waals surface area (Å²) in [5, 5.41) is 3.05. The average molecular weight is 492 g/mol. The molecule has 37 heavy (non-hydrogen) atoms. The number of carbonyl (C=O) groups is 1. The molecule has 0 saturated carbocycles. The smallest absolute Gasteiger partial charge is 0.321 e. The molecule has 6 nitrogen and oxygen atoms in total. The Balaban J connectivity index is 1.40. The molecule has 5 rings (SSSR count). The summed E-state index contributed by atoms with van der Waals surface area (Å²) in [6.07, 6.45) is 1.64. The highest BCUT2D eigenvalue weighted by Crippen LogP contribution is 2.28. The van der Waals surface area contributed by atoms with Crippen molar-refractivity contribution in [2.24, 2.45) is 0 Å². The molecule has 2 amide bonds. The Labute approximate surface area is 219 Å². The van der Waals surface area contributed by atoms with Crippen LogP contribution in [0.3, 0.4) is 0 Å². The van der Waals surface area contributed by atoms with Crippen molar-refractivity contribution in [2.75, 3.05) is 36.4 Å². The SMILES string of the molecule is Cc1ccc(NC(=O)N2CCCN(c3nc(-c4ccccc4)nc(C)c3Cc3ccccc3)CC2)cc1. The molecule has 1 aliphatic rings. The van der Waals surface area contributed by atoms with Gasteiger partial charge in [-0.25, -0.2) is 14.8 Å². The second-order valence-corrected chi connectivity index (χ2v) is 9.59. The van der Waals surface area contributed by atoms with Crippen molar-refractivity contribution in [1.29, 1.82) is 0 Å². The lowest BCUT2D eigenvalue weighted by atomic mass is 10.0. The number of anilines is 2. The number of aryl methyl sites for hydroxylation is 2. The maximum absolute atomic E-state index is 13.0. The number of urea groups is 1. The first-order chi connectivity index (χ1) is 18.1. The fourth-order valence-corrected chi connectivity index (χ4v) is 4.74. The number of nitrogens with one attached hydrogen (secondary N) is 1. The van der Waals surface area contributed by atoms with Gasteiger partial charge in [0.25, 0.3) is 0 Å². The zero-order chi connectivity index (χ0) is 25.6. The van der Waals surface area contributed by atoms with Gasteiger partial charge in [0.1, 0.15) is 5.82 Å². The van der Waals surface area contributed by atoms with Crippen molar-refractivity contribution in [1.82, 2.24) is 14.9 Å². The Morgan fingerprint density at radius 3 is 2.24 bits per heavy atom. The van der Waals surface area contributed by atoms with Gasteiger partial charge in [-0.2, -0.15) is 0 Å². The number of benzene rings is 3. The van der Waals surface area contributed by atoms with Gasteiger partial charge >= 0.3 is 6.03 Å². The third kappa shape index (κ3) is 5.97. The first kappa shape index (κ1) is 24.5. The van der Waals surface area contributed by atoms with Crippen LogP contribution in [0.25, 0.3) is 11.4 Å². The molecule has 1 aromatic heterocycles. The minimum Gasteiger partial charge on any atom is -0.354 e. The molecule has 0 radical (unpaired) electrons. The Hall–Kier alpha value is -4.19. The Morgan fingerprint density at radius 2 is 1.51 bits per heavy atom. The Morgan fingerprint density at radius 1 is 0.811 bits per heavy atom. The molecule has 0 bridgehead atoms. The fourth-order valence-electron chi connectivity index (χ4n) is 4.74. The lowest BCUT2D eigenvalue weighted by Gasteiger charge is -2.26. The summed E-state index contributed by atoms with van der Waals surface area (Å²) in [5.74, 6) is 1.71. The number of nitrogens with zero attached hydrogens (tertiary/aromatic N) is 4. The number of amides is 2. The number of aromatic nitrogens is 2. The van der Waals surface area contributed by atoms with Gasteiger partial charge in [0.05, 0.1) is 0 Å². The minimum atomic E-state index is -0.0564. The van der Waals surface area contributed by atoms with E-state index in [0.717, 1.165) is 53.5 Å². The number of hydrogen-bond acceptors (Lipinski definition) is 4. The maximum atomic E-state index is 13.0. The van der Waals surface area contributed by atoms with Crippen LogP contribution in [0.2, 0.25) is 0 Å². The summed E-state index contributed by atoms with van der Waals surface area (Å²) in [4.78, 5) is 27.3. The van der Waals surface area contributed by atoms with Crippen LogP contribution in [-0.4, -0.2) is 47.1 Å². The predicted molar refractivity (Wildman–Crippen MR) is 150 cm³/mol. The topological polar surface area (TPSA) is 61.4 Å². The third-order valence-electron chi connectivity index (χ3n) is 6.83. The standard InChI is InChI=1S/C31H33N5O/c1-23-14-16-27(17-15-23)33-31(37)36-19-9-18-35(20-21-36)30-28(22-25-10-5-3-6-11-25)24(2)32-29(34-30)26-12-7-4-8-13-26/h3-8,10-17H,9,18-22H2,1-2H3,(H,33,37). The molecule has 0 aliphatic carbocycles. The zero-order valence-electron chi connectivity index (χ0n) is 21.5. The van der Waals surface area contributed by atoms with Crippen molar-refractivity contribution < 1.29 is 4.79 Å². The summed E-state index contributed by atoms with van der Waals surface area (Å²) in [6, 6.07) is 28.5. The molecule has 0 spiro atoms. The molecule has 188 valence electrons. The van der Waals surface area contributed by atoms with Crippen LogP contribution in [0, 0.1) is 13.8 Å². The van der Waals surface area contributed by atoms with Gasteiger partial charge in [-0.3, -0.25) is 0 Å². The van der Waals surface area contributed by atoms with E-state index in [-0.39, 0.29) is 6.03 Å². The highest BCUT2D eigenvalue weighted by atomic mass is 16.2. The van der Waals surface area contributed by atoms with E-state index in [1.165, 1.54) is 11.1 Å². The molecule has 4 aromatic rings. The molecule has 1 aliphatic heterocycles. The highest BCUT2D eigenvalue weighted by Gasteiger charge is 2.24. The molecule has 6 heteroatoms. The van der Waals surface area contributed by atoms with Crippen molar-refractivity contribution >= 4 is 17.5 Å². The molecule has 0 unspecified atom stereocenters. The van der Waals surface area contributed by atoms with Gasteiger partial charge in [0.15, 0.2) is 5.82 Å². The molecule has 2 heterocycles. The summed E-state index contributed by atoms with van der Waals surface area (Å²) in [6.45, 7) is 7.01. The largest absolute Gasteiger partial charge is 0.354 e. The van der Waals surface area contributed by atoms with Crippen molar-refractivity contribution in [3.63, 3.8) is 0 Å². The van der Waals surface area contributed by atoms with E-state index in [4.69, 9.17) is 9.97 Å². The summed E-state index contributed by atoms with van der Waals surface area (Å²) in [5.41, 5.74) is 6.36. The van der Waals surface area contributed by atoms with Crippen LogP contribution in [0.4, 0.5) is 16.3 Å². The van der Waals surface area contributed by atoms with E-state index in [9.17, 15) is 4.79 Å². The molecule has 1 N–H and O–H groups in total.